The van der Waals surface area contributed by atoms with Crippen LogP contribution < -0.4 is 37.6 Å². The molecule has 67 heavy (non-hydrogen) atoms. The number of carbonyl (C=O) groups is 9. The molecule has 0 aromatic heterocycles. The van der Waals surface area contributed by atoms with Gasteiger partial charge in [0.2, 0.25) is 35.2 Å². The molecule has 6 rings (SSSR count). The molecule has 2 aliphatic heterocycles. The number of amides is 8. The van der Waals surface area contributed by atoms with Gasteiger partial charge in [-0.05, 0) is 70.0 Å². The lowest BCUT2D eigenvalue weighted by molar-refractivity contribution is -0.145. The number of nitrogens with two attached hydrogens (primary N) is 1. The van der Waals surface area contributed by atoms with Crippen molar-refractivity contribution in [3.63, 3.8) is 0 Å². The number of carbonyl (C=O) groups excluding carboxylic acids is 9. The summed E-state index contributed by atoms with van der Waals surface area (Å²) in [6.45, 7) is 20.6. The first-order chi connectivity index (χ1) is 30.5. The molecule has 0 bridgehead atoms. The normalized spacial score (nSPS) is 27.1. The Bertz CT molecular complexity index is 1940. The zero-order valence-electron chi connectivity index (χ0n) is 42.1. The van der Waals surface area contributed by atoms with Gasteiger partial charge in [0.15, 0.2) is 0 Å². The van der Waals surface area contributed by atoms with Crippen LogP contribution in [0.3, 0.4) is 0 Å². The number of hydrogen-bond donors (Lipinski definition) is 7. The van der Waals surface area contributed by atoms with Crippen molar-refractivity contribution in [2.45, 2.75) is 157 Å². The summed E-state index contributed by atoms with van der Waals surface area (Å²) in [5.41, 5.74) is 5.06. The van der Waals surface area contributed by atoms with Crippen LogP contribution in [0.5, 0.6) is 0 Å². The standard InChI is InChI=1S/C25H41N5O5.C23H38N4O4.ClH/c1-24(2,3)19(29-23(35)27-7)22(34)30-12-14-16(25(14,4)5)17(30)20(32)28-15(11-13-9-8-10-13)18(31)21(33)26-6;1-22(2,3)18(24)21(31)27-11-13-15(23(13,4)5)16(27)19(29)26-14(10-12-8-7-9-12)17(28)20(30)25-6;/h13-17,19H,8-12H2,1-7H3,(H,26,33)(H,28,32)(H2,27,29,35);12-16,18H,7-11,24H2,1-6H3,(H,25,30)(H,26,29);1H/t14-,15?,16-,17-,19+;13-,14?,15-,16-,18+;/m00./s1. The van der Waals surface area contributed by atoms with E-state index in [-0.39, 0.29) is 64.6 Å². The molecule has 8 amide bonds. The third-order valence-corrected chi connectivity index (χ3v) is 16.1. The van der Waals surface area contributed by atoms with E-state index in [9.17, 15) is 43.2 Å². The second kappa shape index (κ2) is 20.7. The van der Waals surface area contributed by atoms with Crippen LogP contribution in [0.2, 0.25) is 0 Å². The van der Waals surface area contributed by atoms with Crippen LogP contribution in [0.1, 0.15) is 121 Å². The molecule has 2 unspecified atom stereocenters. The number of ketones is 2. The maximum Gasteiger partial charge on any atom is 0.315 e. The van der Waals surface area contributed by atoms with Crippen LogP contribution in [0.4, 0.5) is 4.79 Å². The summed E-state index contributed by atoms with van der Waals surface area (Å²) in [5.74, 6) is -3.05. The van der Waals surface area contributed by atoms with Gasteiger partial charge in [-0.25, -0.2) is 4.79 Å². The Hall–Kier alpha value is -4.32. The number of hydrogen-bond acceptors (Lipinski definition) is 10. The topological polar surface area (TPSA) is 258 Å². The van der Waals surface area contributed by atoms with Crippen LogP contribution in [0.25, 0.3) is 0 Å². The van der Waals surface area contributed by atoms with E-state index in [4.69, 9.17) is 5.73 Å². The molecule has 0 aromatic rings. The number of nitrogens with one attached hydrogen (secondary N) is 6. The Labute approximate surface area is 403 Å². The molecule has 19 heteroatoms. The second-order valence-electron chi connectivity index (χ2n) is 23.2. The minimum Gasteiger partial charge on any atom is -0.353 e. The average Bonchev–Trinajstić information content (AvgIpc) is 3.66. The lowest BCUT2D eigenvalue weighted by Gasteiger charge is -2.38. The van der Waals surface area contributed by atoms with Crippen molar-refractivity contribution in [2.24, 2.45) is 62.9 Å². The van der Waals surface area contributed by atoms with Crippen molar-refractivity contribution in [2.75, 3.05) is 34.2 Å². The predicted octanol–water partition coefficient (Wildman–Crippen LogP) is 2.06. The molecule has 4 saturated carbocycles. The first-order valence-electron chi connectivity index (χ1n) is 24.0. The van der Waals surface area contributed by atoms with E-state index in [1.165, 1.54) is 21.1 Å². The van der Waals surface area contributed by atoms with Gasteiger partial charge in [-0.2, -0.15) is 0 Å². The van der Waals surface area contributed by atoms with E-state index in [0.717, 1.165) is 38.5 Å². The predicted molar refractivity (Wildman–Crippen MR) is 254 cm³/mol. The third-order valence-electron chi connectivity index (χ3n) is 16.1. The molecule has 0 spiro atoms. The number of Topliss-reactive ketones (excluding diaryl/α,β-unsaturated/α-hetero) is 2. The van der Waals surface area contributed by atoms with E-state index < -0.39 is 82.4 Å². The molecule has 0 radical (unpaired) electrons. The van der Waals surface area contributed by atoms with Crippen molar-refractivity contribution >= 4 is 65.4 Å². The minimum atomic E-state index is -0.923. The number of halogens is 1. The summed E-state index contributed by atoms with van der Waals surface area (Å²) in [6, 6.07) is -5.25. The first-order valence-corrected chi connectivity index (χ1v) is 24.0. The molecule has 2 heterocycles. The first kappa shape index (κ1) is 55.3. The maximum atomic E-state index is 13.7. The molecule has 2 saturated heterocycles. The summed E-state index contributed by atoms with van der Waals surface area (Å²) in [6.07, 6.45) is 6.99. The zero-order chi connectivity index (χ0) is 49.6. The molecule has 378 valence electrons. The van der Waals surface area contributed by atoms with Crippen molar-refractivity contribution in [1.29, 1.82) is 0 Å². The van der Waals surface area contributed by atoms with Gasteiger partial charge in [0, 0.05) is 34.2 Å². The average molecular weight is 963 g/mol. The van der Waals surface area contributed by atoms with Gasteiger partial charge in [-0.15, -0.1) is 12.4 Å². The van der Waals surface area contributed by atoms with Gasteiger partial charge in [0.1, 0.15) is 18.1 Å². The quantitative estimate of drug-likeness (QED) is 0.118. The smallest absolute Gasteiger partial charge is 0.315 e. The number of rotatable bonds is 15. The van der Waals surface area contributed by atoms with Crippen molar-refractivity contribution in [1.82, 2.24) is 41.7 Å². The second-order valence-corrected chi connectivity index (χ2v) is 23.2. The molecule has 8 N–H and O–H groups in total. The van der Waals surface area contributed by atoms with E-state index in [2.05, 4.69) is 59.6 Å². The summed E-state index contributed by atoms with van der Waals surface area (Å²) >= 11 is 0. The highest BCUT2D eigenvalue weighted by molar-refractivity contribution is 6.39. The van der Waals surface area contributed by atoms with Gasteiger partial charge in [-0.3, -0.25) is 38.4 Å². The largest absolute Gasteiger partial charge is 0.353 e. The Balaban J connectivity index is 0.000000290. The molecular weight excluding hydrogens is 882 g/mol. The van der Waals surface area contributed by atoms with Crippen LogP contribution in [0.15, 0.2) is 0 Å². The zero-order valence-corrected chi connectivity index (χ0v) is 42.9. The van der Waals surface area contributed by atoms with E-state index in [1.54, 1.807) is 9.80 Å². The van der Waals surface area contributed by atoms with E-state index >= 15 is 0 Å². The fourth-order valence-electron chi connectivity index (χ4n) is 10.9. The van der Waals surface area contributed by atoms with Crippen LogP contribution in [0, 0.1) is 57.2 Å². The van der Waals surface area contributed by atoms with Crippen LogP contribution >= 0.6 is 12.4 Å². The minimum absolute atomic E-state index is 0. The molecule has 6 aliphatic rings. The number of likely N-dealkylation sites (N-methyl/N-ethyl adjacent to an activating group) is 2. The SMILES string of the molecule is CNC(=O)C(=O)C(CC1CCC1)NC(=O)[C@@H]1[C@@H]2[C@H](CN1C(=O)[C@@H](N)C(C)(C)C)C2(C)C.CNC(=O)N[C@H](C(=O)N1C[C@H]2[C@@H]([C@H]1C(=O)NC(CC1CCC1)C(=O)C(=O)NC)C2(C)C)C(C)(C)C.Cl. The fraction of sp³-hybridized carbons (Fsp3) is 0.812. The molecule has 6 fully saturated rings. The maximum absolute atomic E-state index is 13.7. The van der Waals surface area contributed by atoms with Gasteiger partial charge >= 0.3 is 6.03 Å². The lowest BCUT2D eigenvalue weighted by Crippen LogP contribution is -2.61. The molecular formula is C48H80ClN9O9. The van der Waals surface area contributed by atoms with Gasteiger partial charge in [0.25, 0.3) is 11.8 Å². The molecule has 18 nitrogen and oxygen atoms in total. The number of likely N-dealkylation sites (tertiary alicyclic amines) is 2. The van der Waals surface area contributed by atoms with Crippen molar-refractivity contribution in [3.8, 4) is 0 Å². The van der Waals surface area contributed by atoms with Crippen LogP contribution in [-0.2, 0) is 38.4 Å². The van der Waals surface area contributed by atoms with Crippen molar-refractivity contribution < 1.29 is 43.2 Å². The summed E-state index contributed by atoms with van der Waals surface area (Å²) < 4.78 is 0. The number of fused-ring (bicyclic) bond motifs is 2. The van der Waals surface area contributed by atoms with E-state index in [1.807, 2.05) is 41.5 Å². The highest BCUT2D eigenvalue weighted by Gasteiger charge is 2.71. The fourth-order valence-corrected chi connectivity index (χ4v) is 10.9. The highest BCUT2D eigenvalue weighted by Crippen LogP contribution is 2.66. The number of piperidine rings is 2. The van der Waals surface area contributed by atoms with Crippen molar-refractivity contribution in [3.05, 3.63) is 0 Å². The molecule has 10 atom stereocenters. The highest BCUT2D eigenvalue weighted by atomic mass is 35.5. The molecule has 4 aliphatic carbocycles. The lowest BCUT2D eigenvalue weighted by atomic mass is 9.80. The van der Waals surface area contributed by atoms with Gasteiger partial charge < -0.3 is 47.4 Å². The summed E-state index contributed by atoms with van der Waals surface area (Å²) in [5, 5.41) is 15.6. The molecule has 0 aromatic carbocycles. The third kappa shape index (κ3) is 11.6. The summed E-state index contributed by atoms with van der Waals surface area (Å²) in [7, 11) is 4.28. The van der Waals surface area contributed by atoms with E-state index in [0.29, 0.717) is 37.8 Å². The van der Waals surface area contributed by atoms with Gasteiger partial charge in [0.05, 0.1) is 18.1 Å². The Kier molecular flexibility index (Phi) is 17.1. The summed E-state index contributed by atoms with van der Waals surface area (Å²) in [4.78, 5) is 119. The monoisotopic (exact) mass is 962 g/mol. The number of nitrogens with zero attached hydrogens (tertiary/aromatic N) is 2. The Morgan fingerprint density at radius 3 is 1.25 bits per heavy atom. The Morgan fingerprint density at radius 2 is 0.955 bits per heavy atom. The van der Waals surface area contributed by atoms with Gasteiger partial charge in [-0.1, -0.05) is 108 Å². The number of urea groups is 1. The Morgan fingerprint density at radius 1 is 0.582 bits per heavy atom. The van der Waals surface area contributed by atoms with Crippen LogP contribution in [-0.4, -0.2) is 133 Å².